The van der Waals surface area contributed by atoms with Crippen LogP contribution in [-0.2, 0) is 14.3 Å². The first-order chi connectivity index (χ1) is 14.6. The van der Waals surface area contributed by atoms with Gasteiger partial charge in [0.25, 0.3) is 5.91 Å². The molecule has 1 unspecified atom stereocenters. The summed E-state index contributed by atoms with van der Waals surface area (Å²) in [4.78, 5) is 37.1. The van der Waals surface area contributed by atoms with Crippen LogP contribution in [0.5, 0.6) is 0 Å². The molecule has 1 heterocycles. The molecule has 0 aliphatic carbocycles. The fourth-order valence-corrected chi connectivity index (χ4v) is 4.82. The second-order valence-corrected chi connectivity index (χ2v) is 9.27. The number of carbonyl (C=O) groups is 3. The van der Waals surface area contributed by atoms with Crippen molar-refractivity contribution >= 4 is 57.3 Å². The van der Waals surface area contributed by atoms with Gasteiger partial charge in [-0.15, -0.1) is 11.3 Å². The van der Waals surface area contributed by atoms with E-state index in [9.17, 15) is 14.4 Å². The van der Waals surface area contributed by atoms with E-state index in [2.05, 4.69) is 17.6 Å². The van der Waals surface area contributed by atoms with E-state index in [1.165, 1.54) is 18.3 Å². The van der Waals surface area contributed by atoms with Crippen molar-refractivity contribution < 1.29 is 19.1 Å². The van der Waals surface area contributed by atoms with Crippen molar-refractivity contribution in [2.75, 3.05) is 18.5 Å². The molecule has 2 aromatic rings. The molecule has 31 heavy (non-hydrogen) atoms. The van der Waals surface area contributed by atoms with Gasteiger partial charge in [0.1, 0.15) is 5.00 Å². The molecule has 6 nitrogen and oxygen atoms in total. The smallest absolute Gasteiger partial charge is 0.341 e. The molecule has 168 valence electrons. The van der Waals surface area contributed by atoms with Crippen molar-refractivity contribution in [2.24, 2.45) is 0 Å². The monoisotopic (exact) mass is 484 g/mol. The van der Waals surface area contributed by atoms with Crippen LogP contribution < -0.4 is 10.6 Å². The summed E-state index contributed by atoms with van der Waals surface area (Å²) >= 11 is 13.6. The molecule has 2 N–H and O–H groups in total. The van der Waals surface area contributed by atoms with Crippen LogP contribution >= 0.6 is 34.5 Å². The highest BCUT2D eigenvalue weighted by Crippen LogP contribution is 2.33. The molecule has 1 atom stereocenters. The number of aryl methyl sites for hydroxylation is 1. The molecule has 0 fully saturated rings. The zero-order chi connectivity index (χ0) is 23.1. The van der Waals surface area contributed by atoms with Gasteiger partial charge < -0.3 is 15.4 Å². The van der Waals surface area contributed by atoms with E-state index in [0.29, 0.717) is 21.6 Å². The van der Waals surface area contributed by atoms with E-state index >= 15 is 0 Å². The highest BCUT2D eigenvalue weighted by molar-refractivity contribution is 7.16. The van der Waals surface area contributed by atoms with Crippen molar-refractivity contribution in [1.82, 2.24) is 5.32 Å². The number of benzene rings is 1. The molecule has 0 saturated heterocycles. The number of anilines is 1. The van der Waals surface area contributed by atoms with Gasteiger partial charge in [0.15, 0.2) is 6.61 Å². The van der Waals surface area contributed by atoms with Crippen molar-refractivity contribution in [3.05, 3.63) is 49.8 Å². The molecule has 2 amide bonds. The minimum Gasteiger partial charge on any atom is -0.452 e. The van der Waals surface area contributed by atoms with Crippen molar-refractivity contribution in [3.63, 3.8) is 0 Å². The molecule has 0 bridgehead atoms. The number of carbonyl (C=O) groups excluding carboxylic acids is 3. The summed E-state index contributed by atoms with van der Waals surface area (Å²) < 4.78 is 5.20. The molecule has 1 aromatic heterocycles. The molecule has 0 aliphatic rings. The Morgan fingerprint density at radius 1 is 1.19 bits per heavy atom. The third-order valence-electron chi connectivity index (χ3n) is 4.80. The first kappa shape index (κ1) is 25.2. The summed E-state index contributed by atoms with van der Waals surface area (Å²) in [5.74, 6) is -1.32. The van der Waals surface area contributed by atoms with Crippen LogP contribution in [0, 0.1) is 13.8 Å². The lowest BCUT2D eigenvalue weighted by atomic mass is 9.94. The quantitative estimate of drug-likeness (QED) is 0.461. The van der Waals surface area contributed by atoms with E-state index in [1.807, 2.05) is 13.0 Å². The SMILES string of the molecule is CCCC(CNC(=O)COC(=O)c1c(NC(C)=O)sc(C)c1C)c1ccc(Cl)cc1Cl. The van der Waals surface area contributed by atoms with Crippen LogP contribution in [0.25, 0.3) is 0 Å². The Morgan fingerprint density at radius 3 is 2.52 bits per heavy atom. The Labute approximate surface area is 196 Å². The van der Waals surface area contributed by atoms with Gasteiger partial charge in [-0.25, -0.2) is 4.79 Å². The van der Waals surface area contributed by atoms with Crippen LogP contribution in [0.4, 0.5) is 5.00 Å². The molecule has 2 rings (SSSR count). The summed E-state index contributed by atoms with van der Waals surface area (Å²) in [5.41, 5.74) is 1.91. The van der Waals surface area contributed by atoms with Crippen molar-refractivity contribution in [2.45, 2.75) is 46.5 Å². The fourth-order valence-electron chi connectivity index (χ4n) is 3.16. The predicted molar refractivity (Wildman–Crippen MR) is 125 cm³/mol. The number of nitrogens with one attached hydrogen (secondary N) is 2. The molecular weight excluding hydrogens is 459 g/mol. The zero-order valence-corrected chi connectivity index (χ0v) is 20.3. The van der Waals surface area contributed by atoms with E-state index in [-0.39, 0.29) is 17.4 Å². The lowest BCUT2D eigenvalue weighted by Gasteiger charge is -2.19. The summed E-state index contributed by atoms with van der Waals surface area (Å²) in [6, 6.07) is 5.32. The molecule has 1 aromatic carbocycles. The number of rotatable bonds is 9. The Hall–Kier alpha value is -2.09. The van der Waals surface area contributed by atoms with Crippen LogP contribution in [0.15, 0.2) is 18.2 Å². The second-order valence-electron chi connectivity index (χ2n) is 7.20. The average Bonchev–Trinajstić information content (AvgIpc) is 2.96. The topological polar surface area (TPSA) is 84.5 Å². The molecular formula is C22H26Cl2N2O4S. The second kappa shape index (κ2) is 11.5. The predicted octanol–water partition coefficient (Wildman–Crippen LogP) is 5.49. The normalized spacial score (nSPS) is 11.7. The van der Waals surface area contributed by atoms with E-state index in [4.69, 9.17) is 27.9 Å². The highest BCUT2D eigenvalue weighted by Gasteiger charge is 2.23. The van der Waals surface area contributed by atoms with Gasteiger partial charge >= 0.3 is 5.97 Å². The minimum absolute atomic E-state index is 0.0163. The molecule has 0 aliphatic heterocycles. The fraction of sp³-hybridized carbons (Fsp3) is 0.409. The van der Waals surface area contributed by atoms with Gasteiger partial charge in [-0.1, -0.05) is 42.6 Å². The number of hydrogen-bond acceptors (Lipinski definition) is 5. The minimum atomic E-state index is -0.647. The van der Waals surface area contributed by atoms with Crippen LogP contribution in [0.1, 0.15) is 59.0 Å². The number of ether oxygens (including phenoxy) is 1. The van der Waals surface area contributed by atoms with Gasteiger partial charge in [0.2, 0.25) is 5.91 Å². The van der Waals surface area contributed by atoms with Gasteiger partial charge in [0.05, 0.1) is 5.56 Å². The summed E-state index contributed by atoms with van der Waals surface area (Å²) in [6.07, 6.45) is 1.74. The number of hydrogen-bond donors (Lipinski definition) is 2. The standard InChI is InChI=1S/C22H26Cl2N2O4S/c1-5-6-15(17-8-7-16(23)9-18(17)24)10-25-19(28)11-30-22(29)20-12(2)13(3)31-21(20)26-14(4)27/h7-9,15H,5-6,10-11H2,1-4H3,(H,25,28)(H,26,27). The first-order valence-corrected chi connectivity index (χ1v) is 11.5. The van der Waals surface area contributed by atoms with Gasteiger partial charge in [-0.05, 0) is 43.5 Å². The van der Waals surface area contributed by atoms with Gasteiger partial charge in [-0.2, -0.15) is 0 Å². The molecule has 0 saturated carbocycles. The number of esters is 1. The van der Waals surface area contributed by atoms with E-state index < -0.39 is 18.5 Å². The van der Waals surface area contributed by atoms with Crippen molar-refractivity contribution in [1.29, 1.82) is 0 Å². The average molecular weight is 485 g/mol. The van der Waals surface area contributed by atoms with Gasteiger partial charge in [0, 0.05) is 34.3 Å². The van der Waals surface area contributed by atoms with Crippen molar-refractivity contribution in [3.8, 4) is 0 Å². The maximum Gasteiger partial charge on any atom is 0.341 e. The third-order valence-corrected chi connectivity index (χ3v) is 6.48. The molecule has 0 radical (unpaired) electrons. The van der Waals surface area contributed by atoms with E-state index in [1.54, 1.807) is 19.1 Å². The number of thiophene rings is 1. The van der Waals surface area contributed by atoms with Gasteiger partial charge in [-0.3, -0.25) is 9.59 Å². The Morgan fingerprint density at radius 2 is 1.90 bits per heavy atom. The Bertz CT molecular complexity index is 975. The largest absolute Gasteiger partial charge is 0.452 e. The number of halogens is 2. The third kappa shape index (κ3) is 6.95. The Balaban J connectivity index is 1.98. The maximum atomic E-state index is 12.5. The number of amides is 2. The lowest BCUT2D eigenvalue weighted by Crippen LogP contribution is -2.32. The van der Waals surface area contributed by atoms with E-state index in [0.717, 1.165) is 28.8 Å². The summed E-state index contributed by atoms with van der Waals surface area (Å²) in [5, 5.41) is 6.98. The zero-order valence-electron chi connectivity index (χ0n) is 17.9. The molecule has 9 heteroatoms. The summed E-state index contributed by atoms with van der Waals surface area (Å²) in [7, 11) is 0. The highest BCUT2D eigenvalue weighted by atomic mass is 35.5. The van der Waals surface area contributed by atoms with Crippen LogP contribution in [0.3, 0.4) is 0 Å². The van der Waals surface area contributed by atoms with Crippen LogP contribution in [0.2, 0.25) is 10.0 Å². The molecule has 0 spiro atoms. The van der Waals surface area contributed by atoms with Crippen LogP contribution in [-0.4, -0.2) is 30.9 Å². The maximum absolute atomic E-state index is 12.5. The summed E-state index contributed by atoms with van der Waals surface area (Å²) in [6.45, 7) is 6.99. The first-order valence-electron chi connectivity index (χ1n) is 9.90. The lowest BCUT2D eigenvalue weighted by molar-refractivity contribution is -0.124. The Kier molecular flexibility index (Phi) is 9.34.